The van der Waals surface area contributed by atoms with E-state index >= 15 is 0 Å². The van der Waals surface area contributed by atoms with Gasteiger partial charge in [-0.3, -0.25) is 4.79 Å². The van der Waals surface area contributed by atoms with Crippen molar-refractivity contribution in [3.05, 3.63) is 35.4 Å². The average Bonchev–Trinajstić information content (AvgIpc) is 3.09. The second kappa shape index (κ2) is 6.93. The smallest absolute Gasteiger partial charge is 0.253 e. The summed E-state index contributed by atoms with van der Waals surface area (Å²) in [7, 11) is 0. The van der Waals surface area contributed by atoms with Crippen molar-refractivity contribution in [3.8, 4) is 0 Å². The molecule has 1 aromatic rings. The van der Waals surface area contributed by atoms with Crippen LogP contribution in [0.2, 0.25) is 0 Å². The lowest BCUT2D eigenvalue weighted by atomic mass is 10.0. The van der Waals surface area contributed by atoms with E-state index in [-0.39, 0.29) is 5.91 Å². The third-order valence-electron chi connectivity index (χ3n) is 4.76. The van der Waals surface area contributed by atoms with E-state index in [0.717, 1.165) is 36.8 Å². The molecule has 114 valence electrons. The van der Waals surface area contributed by atoms with Crippen LogP contribution in [-0.4, -0.2) is 47.9 Å². The van der Waals surface area contributed by atoms with Crippen molar-refractivity contribution in [1.82, 2.24) is 9.80 Å². The minimum Gasteiger partial charge on any atom is -0.339 e. The highest BCUT2D eigenvalue weighted by Gasteiger charge is 2.28. The summed E-state index contributed by atoms with van der Waals surface area (Å²) < 4.78 is 0. The van der Waals surface area contributed by atoms with Gasteiger partial charge in [-0.05, 0) is 56.5 Å². The van der Waals surface area contributed by atoms with E-state index < -0.39 is 0 Å². The van der Waals surface area contributed by atoms with E-state index in [1.165, 1.54) is 31.5 Å². The van der Waals surface area contributed by atoms with E-state index in [9.17, 15) is 4.79 Å². The first kappa shape index (κ1) is 15.0. The van der Waals surface area contributed by atoms with Crippen LogP contribution in [0, 0.1) is 0 Å². The van der Waals surface area contributed by atoms with Crippen LogP contribution in [-0.2, 0) is 5.33 Å². The second-order valence-corrected chi connectivity index (χ2v) is 6.66. The lowest BCUT2D eigenvalue weighted by Gasteiger charge is -2.36. The third kappa shape index (κ3) is 3.49. The van der Waals surface area contributed by atoms with Gasteiger partial charge in [-0.1, -0.05) is 28.1 Å². The quantitative estimate of drug-likeness (QED) is 0.781. The van der Waals surface area contributed by atoms with Crippen LogP contribution >= 0.6 is 15.9 Å². The normalized spacial score (nSPS) is 20.9. The van der Waals surface area contributed by atoms with Gasteiger partial charge in [-0.15, -0.1) is 0 Å². The van der Waals surface area contributed by atoms with Gasteiger partial charge < -0.3 is 9.80 Å². The van der Waals surface area contributed by atoms with Crippen molar-refractivity contribution in [2.24, 2.45) is 0 Å². The maximum atomic E-state index is 12.5. The van der Waals surface area contributed by atoms with E-state index in [1.54, 1.807) is 0 Å². The summed E-state index contributed by atoms with van der Waals surface area (Å²) in [4.78, 5) is 17.2. The highest BCUT2D eigenvalue weighted by molar-refractivity contribution is 9.08. The highest BCUT2D eigenvalue weighted by atomic mass is 79.9. The molecule has 1 amide bonds. The number of carbonyl (C=O) groups excluding carboxylic acids is 1. The Bertz CT molecular complexity index is 474. The second-order valence-electron chi connectivity index (χ2n) is 6.10. The topological polar surface area (TPSA) is 23.6 Å². The number of piperidine rings is 1. The van der Waals surface area contributed by atoms with Gasteiger partial charge in [0.05, 0.1) is 0 Å². The Kier molecular flexibility index (Phi) is 4.96. The zero-order valence-electron chi connectivity index (χ0n) is 12.4. The number of alkyl halides is 1. The molecule has 2 fully saturated rings. The Morgan fingerprint density at radius 1 is 1.05 bits per heavy atom. The molecule has 2 heterocycles. The number of nitrogens with zero attached hydrogens (tertiary/aromatic N) is 2. The van der Waals surface area contributed by atoms with E-state index in [4.69, 9.17) is 0 Å². The monoisotopic (exact) mass is 350 g/mol. The van der Waals surface area contributed by atoms with E-state index in [2.05, 4.69) is 20.8 Å². The molecule has 4 heteroatoms. The van der Waals surface area contributed by atoms with Gasteiger partial charge >= 0.3 is 0 Å². The molecule has 2 aliphatic heterocycles. The molecule has 3 rings (SSSR count). The van der Waals surface area contributed by atoms with Crippen LogP contribution in [0.4, 0.5) is 0 Å². The predicted octanol–water partition coefficient (Wildman–Crippen LogP) is 3.28. The number of benzene rings is 1. The van der Waals surface area contributed by atoms with Gasteiger partial charge in [-0.25, -0.2) is 0 Å². The fourth-order valence-electron chi connectivity index (χ4n) is 3.46. The van der Waals surface area contributed by atoms with Crippen molar-refractivity contribution in [2.75, 3.05) is 26.2 Å². The fourth-order valence-corrected chi connectivity index (χ4v) is 3.83. The Morgan fingerprint density at radius 3 is 2.24 bits per heavy atom. The van der Waals surface area contributed by atoms with Crippen molar-refractivity contribution < 1.29 is 4.79 Å². The molecular formula is C17H23BrN2O. The first-order valence-corrected chi connectivity index (χ1v) is 9.08. The molecular weight excluding hydrogens is 328 g/mol. The molecule has 0 unspecified atom stereocenters. The summed E-state index contributed by atoms with van der Waals surface area (Å²) in [6.07, 6.45) is 4.95. The molecule has 0 N–H and O–H groups in total. The van der Waals surface area contributed by atoms with Crippen LogP contribution in [0.25, 0.3) is 0 Å². The van der Waals surface area contributed by atoms with Crippen LogP contribution < -0.4 is 0 Å². The van der Waals surface area contributed by atoms with Crippen LogP contribution in [0.15, 0.2) is 24.3 Å². The zero-order chi connectivity index (χ0) is 14.7. The minimum atomic E-state index is 0.191. The summed E-state index contributed by atoms with van der Waals surface area (Å²) in [6, 6.07) is 8.65. The molecule has 2 aliphatic rings. The zero-order valence-corrected chi connectivity index (χ0v) is 14.0. The largest absolute Gasteiger partial charge is 0.339 e. The van der Waals surface area contributed by atoms with Crippen molar-refractivity contribution in [2.45, 2.75) is 37.1 Å². The van der Waals surface area contributed by atoms with Crippen molar-refractivity contribution >= 4 is 21.8 Å². The van der Waals surface area contributed by atoms with Gasteiger partial charge in [0.1, 0.15) is 0 Å². The SMILES string of the molecule is O=C(c1ccc(CBr)cc1)N1CCC(N2CCCC2)CC1. The number of amides is 1. The Hall–Kier alpha value is -0.870. The minimum absolute atomic E-state index is 0.191. The number of halogens is 1. The summed E-state index contributed by atoms with van der Waals surface area (Å²) in [6.45, 7) is 4.32. The molecule has 0 saturated carbocycles. The molecule has 0 aromatic heterocycles. The number of carbonyl (C=O) groups is 1. The van der Waals surface area contributed by atoms with Gasteiger partial charge in [-0.2, -0.15) is 0 Å². The maximum absolute atomic E-state index is 12.5. The molecule has 0 bridgehead atoms. The predicted molar refractivity (Wildman–Crippen MR) is 88.8 cm³/mol. The molecule has 0 spiro atoms. The molecule has 3 nitrogen and oxygen atoms in total. The van der Waals surface area contributed by atoms with Crippen LogP contribution in [0.1, 0.15) is 41.6 Å². The maximum Gasteiger partial charge on any atom is 0.253 e. The Balaban J connectivity index is 1.56. The number of hydrogen-bond acceptors (Lipinski definition) is 2. The first-order chi connectivity index (χ1) is 10.3. The lowest BCUT2D eigenvalue weighted by molar-refractivity contribution is 0.0644. The van der Waals surface area contributed by atoms with Gasteiger partial charge in [0, 0.05) is 30.0 Å². The summed E-state index contributed by atoms with van der Waals surface area (Å²) >= 11 is 3.43. The molecule has 2 saturated heterocycles. The lowest BCUT2D eigenvalue weighted by Crippen LogP contribution is -2.45. The van der Waals surface area contributed by atoms with E-state index in [0.29, 0.717) is 6.04 Å². The van der Waals surface area contributed by atoms with Crippen LogP contribution in [0.5, 0.6) is 0 Å². The summed E-state index contributed by atoms with van der Waals surface area (Å²) in [5, 5.41) is 0.836. The van der Waals surface area contributed by atoms with Crippen LogP contribution in [0.3, 0.4) is 0 Å². The summed E-state index contributed by atoms with van der Waals surface area (Å²) in [5.74, 6) is 0.191. The van der Waals surface area contributed by atoms with Gasteiger partial charge in [0.15, 0.2) is 0 Å². The Morgan fingerprint density at radius 2 is 1.67 bits per heavy atom. The third-order valence-corrected chi connectivity index (χ3v) is 5.41. The number of rotatable bonds is 3. The van der Waals surface area contributed by atoms with Crippen molar-refractivity contribution in [1.29, 1.82) is 0 Å². The average molecular weight is 351 g/mol. The fraction of sp³-hybridized carbons (Fsp3) is 0.588. The molecule has 0 radical (unpaired) electrons. The van der Waals surface area contributed by atoms with Gasteiger partial charge in [0.25, 0.3) is 5.91 Å². The van der Waals surface area contributed by atoms with E-state index in [1.807, 2.05) is 29.2 Å². The number of likely N-dealkylation sites (tertiary alicyclic amines) is 2. The molecule has 0 atom stereocenters. The molecule has 0 aliphatic carbocycles. The van der Waals surface area contributed by atoms with Crippen molar-refractivity contribution in [3.63, 3.8) is 0 Å². The highest BCUT2D eigenvalue weighted by Crippen LogP contribution is 2.22. The van der Waals surface area contributed by atoms with Gasteiger partial charge in [0.2, 0.25) is 0 Å². The summed E-state index contributed by atoms with van der Waals surface area (Å²) in [5.41, 5.74) is 2.03. The first-order valence-electron chi connectivity index (χ1n) is 7.96. The molecule has 21 heavy (non-hydrogen) atoms. The number of hydrogen-bond donors (Lipinski definition) is 0. The Labute approximate surface area is 135 Å². The standard InChI is InChI=1S/C17H23BrN2O/c18-13-14-3-5-15(6-4-14)17(21)20-11-7-16(8-12-20)19-9-1-2-10-19/h3-6,16H,1-2,7-13H2. The molecule has 1 aromatic carbocycles.